The van der Waals surface area contributed by atoms with Gasteiger partial charge in [0.2, 0.25) is 5.92 Å². The van der Waals surface area contributed by atoms with E-state index in [0.717, 1.165) is 0 Å². The molecule has 1 N–H and O–H groups in total. The van der Waals surface area contributed by atoms with Crippen molar-refractivity contribution in [3.63, 3.8) is 0 Å². The third-order valence-electron chi connectivity index (χ3n) is 2.99. The number of carbonyl (C=O) groups excluding carboxylic acids is 1. The Morgan fingerprint density at radius 3 is 2.00 bits per heavy atom. The van der Waals surface area contributed by atoms with Gasteiger partial charge in [-0.2, -0.15) is 0 Å². The zero-order valence-electron chi connectivity index (χ0n) is 7.99. The van der Waals surface area contributed by atoms with Crippen molar-refractivity contribution in [2.24, 2.45) is 0 Å². The Kier molecular flexibility index (Phi) is 2.71. The van der Waals surface area contributed by atoms with Crippen molar-refractivity contribution >= 4 is 5.78 Å². The summed E-state index contributed by atoms with van der Waals surface area (Å²) in [4.78, 5) is 11.3. The number of halogens is 2. The first kappa shape index (κ1) is 10.6. The highest BCUT2D eigenvalue weighted by molar-refractivity contribution is 5.86. The zero-order valence-corrected chi connectivity index (χ0v) is 7.99. The number of Topliss-reactive ketones (excluding diaryl/α,β-unsaturated/α-hetero) is 1. The Balaban J connectivity index is 2.69. The molecule has 0 amide bonds. The van der Waals surface area contributed by atoms with E-state index in [1.807, 2.05) is 0 Å². The van der Waals surface area contributed by atoms with Gasteiger partial charge >= 0.3 is 0 Å². The van der Waals surface area contributed by atoms with Gasteiger partial charge < -0.3 is 5.32 Å². The predicted molar refractivity (Wildman–Crippen MR) is 45.9 cm³/mol. The van der Waals surface area contributed by atoms with Gasteiger partial charge in [0.15, 0.2) is 0 Å². The van der Waals surface area contributed by atoms with Crippen LogP contribution in [-0.2, 0) is 4.79 Å². The smallest absolute Gasteiger partial charge is 0.248 e. The molecule has 1 rings (SSSR count). The second kappa shape index (κ2) is 3.33. The molecule has 13 heavy (non-hydrogen) atoms. The summed E-state index contributed by atoms with van der Waals surface area (Å²) in [5, 5.41) is 2.87. The normalized spacial score (nSPS) is 25.5. The average molecular weight is 191 g/mol. The number of likely N-dealkylation sites (N-methyl/N-ethyl adjacent to an activating group) is 1. The lowest BCUT2D eigenvalue weighted by molar-refractivity contribution is -0.128. The van der Waals surface area contributed by atoms with Crippen molar-refractivity contribution in [1.82, 2.24) is 5.32 Å². The zero-order chi connectivity index (χ0) is 10.1. The molecule has 1 fully saturated rings. The highest BCUT2D eigenvalue weighted by Gasteiger charge is 2.44. The molecular weight excluding hydrogens is 176 g/mol. The second-order valence-electron chi connectivity index (χ2n) is 3.74. The number of carbonyl (C=O) groups is 1. The van der Waals surface area contributed by atoms with Gasteiger partial charge in [0.05, 0.1) is 5.54 Å². The average Bonchev–Trinajstić information content (AvgIpc) is 2.05. The van der Waals surface area contributed by atoms with Crippen LogP contribution in [0.3, 0.4) is 0 Å². The first-order chi connectivity index (χ1) is 5.92. The van der Waals surface area contributed by atoms with E-state index < -0.39 is 11.5 Å². The predicted octanol–water partition coefficient (Wildman–Crippen LogP) is 1.74. The molecule has 0 saturated heterocycles. The Labute approximate surface area is 76.7 Å². The van der Waals surface area contributed by atoms with Crippen LogP contribution in [0.5, 0.6) is 0 Å². The Bertz CT molecular complexity index is 206. The third kappa shape index (κ3) is 2.05. The van der Waals surface area contributed by atoms with Gasteiger partial charge in [-0.15, -0.1) is 0 Å². The van der Waals surface area contributed by atoms with Crippen molar-refractivity contribution in [2.45, 2.75) is 44.1 Å². The van der Waals surface area contributed by atoms with Gasteiger partial charge in [-0.3, -0.25) is 4.79 Å². The largest absolute Gasteiger partial charge is 0.308 e. The second-order valence-corrected chi connectivity index (χ2v) is 3.74. The maximum atomic E-state index is 12.8. The van der Waals surface area contributed by atoms with Crippen LogP contribution in [0.1, 0.15) is 32.6 Å². The molecule has 0 heterocycles. The monoisotopic (exact) mass is 191 g/mol. The molecule has 1 aliphatic rings. The van der Waals surface area contributed by atoms with Crippen molar-refractivity contribution in [3.8, 4) is 0 Å². The molecular formula is C9H15F2NO. The summed E-state index contributed by atoms with van der Waals surface area (Å²) in [6, 6.07) is 0. The lowest BCUT2D eigenvalue weighted by Crippen LogP contribution is -2.53. The molecule has 0 bridgehead atoms. The van der Waals surface area contributed by atoms with Gasteiger partial charge in [-0.25, -0.2) is 8.78 Å². The summed E-state index contributed by atoms with van der Waals surface area (Å²) in [5.74, 6) is -2.61. The van der Waals surface area contributed by atoms with Gasteiger partial charge in [-0.1, -0.05) is 0 Å². The van der Waals surface area contributed by atoms with E-state index in [0.29, 0.717) is 0 Å². The van der Waals surface area contributed by atoms with E-state index in [2.05, 4.69) is 5.32 Å². The third-order valence-corrected chi connectivity index (χ3v) is 2.99. The Morgan fingerprint density at radius 2 is 1.69 bits per heavy atom. The first-order valence-electron chi connectivity index (χ1n) is 4.50. The maximum Gasteiger partial charge on any atom is 0.248 e. The molecule has 2 nitrogen and oxygen atoms in total. The molecule has 0 unspecified atom stereocenters. The van der Waals surface area contributed by atoms with E-state index in [1.165, 1.54) is 6.92 Å². The van der Waals surface area contributed by atoms with E-state index >= 15 is 0 Å². The van der Waals surface area contributed by atoms with Crippen molar-refractivity contribution < 1.29 is 13.6 Å². The number of ketones is 1. The summed E-state index contributed by atoms with van der Waals surface area (Å²) >= 11 is 0. The molecule has 1 aliphatic carbocycles. The van der Waals surface area contributed by atoms with Crippen molar-refractivity contribution in [2.75, 3.05) is 7.05 Å². The molecule has 1 saturated carbocycles. The van der Waals surface area contributed by atoms with Gasteiger partial charge in [-0.05, 0) is 26.8 Å². The molecule has 0 atom stereocenters. The maximum absolute atomic E-state index is 12.8. The van der Waals surface area contributed by atoms with Crippen molar-refractivity contribution in [3.05, 3.63) is 0 Å². The number of rotatable bonds is 2. The lowest BCUT2D eigenvalue weighted by atomic mass is 9.77. The summed E-state index contributed by atoms with van der Waals surface area (Å²) in [5.41, 5.74) is -0.693. The summed E-state index contributed by atoms with van der Waals surface area (Å²) in [7, 11) is 1.66. The number of hydrogen-bond acceptors (Lipinski definition) is 2. The fourth-order valence-corrected chi connectivity index (χ4v) is 1.82. The topological polar surface area (TPSA) is 29.1 Å². The first-order valence-corrected chi connectivity index (χ1v) is 4.50. The molecule has 0 aromatic carbocycles. The van der Waals surface area contributed by atoms with Gasteiger partial charge in [0.1, 0.15) is 5.78 Å². The minimum Gasteiger partial charge on any atom is -0.308 e. The summed E-state index contributed by atoms with van der Waals surface area (Å²) in [6.45, 7) is 1.46. The molecule has 0 aromatic rings. The van der Waals surface area contributed by atoms with E-state index in [-0.39, 0.29) is 31.5 Å². The minimum absolute atomic E-state index is 0.0366. The molecule has 0 spiro atoms. The van der Waals surface area contributed by atoms with Gasteiger partial charge in [0, 0.05) is 12.8 Å². The highest BCUT2D eigenvalue weighted by Crippen LogP contribution is 2.38. The standard InChI is InChI=1S/C9H15F2NO/c1-7(13)8(12-2)3-5-9(10,11)6-4-8/h12H,3-6H2,1-2H3. The number of nitrogens with one attached hydrogen (secondary N) is 1. The van der Waals surface area contributed by atoms with Crippen LogP contribution in [0.4, 0.5) is 8.78 Å². The van der Waals surface area contributed by atoms with Gasteiger partial charge in [0.25, 0.3) is 0 Å². The van der Waals surface area contributed by atoms with Crippen LogP contribution in [0.25, 0.3) is 0 Å². The lowest BCUT2D eigenvalue weighted by Gasteiger charge is -2.37. The molecule has 0 aromatic heterocycles. The highest BCUT2D eigenvalue weighted by atomic mass is 19.3. The Morgan fingerprint density at radius 1 is 1.23 bits per heavy atom. The minimum atomic E-state index is -2.57. The number of alkyl halides is 2. The molecule has 4 heteroatoms. The van der Waals surface area contributed by atoms with Crippen LogP contribution >= 0.6 is 0 Å². The number of hydrogen-bond donors (Lipinski definition) is 1. The van der Waals surface area contributed by atoms with E-state index in [9.17, 15) is 13.6 Å². The summed E-state index contributed by atoms with van der Waals surface area (Å²) in [6.07, 6.45) is 0.110. The molecule has 0 radical (unpaired) electrons. The van der Waals surface area contributed by atoms with Crippen LogP contribution in [-0.4, -0.2) is 24.3 Å². The summed E-state index contributed by atoms with van der Waals surface area (Å²) < 4.78 is 25.6. The van der Waals surface area contributed by atoms with Crippen LogP contribution < -0.4 is 5.32 Å². The Hall–Kier alpha value is -0.510. The SMILES string of the molecule is CNC1(C(C)=O)CCC(F)(F)CC1. The molecule has 76 valence electrons. The fraction of sp³-hybridized carbons (Fsp3) is 0.889. The quantitative estimate of drug-likeness (QED) is 0.720. The fourth-order valence-electron chi connectivity index (χ4n) is 1.82. The van der Waals surface area contributed by atoms with Crippen LogP contribution in [0.15, 0.2) is 0 Å². The molecule has 0 aliphatic heterocycles. The van der Waals surface area contributed by atoms with E-state index in [4.69, 9.17) is 0 Å². The van der Waals surface area contributed by atoms with Crippen LogP contribution in [0.2, 0.25) is 0 Å². The van der Waals surface area contributed by atoms with Crippen molar-refractivity contribution in [1.29, 1.82) is 0 Å². The van der Waals surface area contributed by atoms with Crippen LogP contribution in [0, 0.1) is 0 Å². The van der Waals surface area contributed by atoms with E-state index in [1.54, 1.807) is 7.05 Å².